The van der Waals surface area contributed by atoms with Gasteiger partial charge in [0.15, 0.2) is 11.6 Å². The van der Waals surface area contributed by atoms with Crippen LogP contribution in [0.3, 0.4) is 0 Å². The Morgan fingerprint density at radius 2 is 2.19 bits per heavy atom. The maximum atomic E-state index is 14.0. The first kappa shape index (κ1) is 21.8. The molecular weight excluding hydrogens is 413 g/mol. The van der Waals surface area contributed by atoms with Gasteiger partial charge in [-0.25, -0.2) is 9.18 Å². The van der Waals surface area contributed by atoms with E-state index < -0.39 is 5.82 Å². The number of hydrogen-bond acceptors (Lipinski definition) is 6. The molecule has 2 aromatic carbocycles. The van der Waals surface area contributed by atoms with Gasteiger partial charge in [0.2, 0.25) is 11.7 Å². The number of piperidine rings is 1. The monoisotopic (exact) mass is 439 g/mol. The molecule has 168 valence electrons. The Labute approximate surface area is 185 Å². The molecule has 2 amide bonds. The number of aryl methyl sites for hydroxylation is 1. The smallest absolute Gasteiger partial charge is 0.319 e. The number of urea groups is 1. The number of carbonyl (C=O) groups is 1. The Morgan fingerprint density at radius 1 is 1.31 bits per heavy atom. The number of carbonyl (C=O) groups excluding carboxylic acids is 1. The molecule has 1 fully saturated rings. The van der Waals surface area contributed by atoms with Gasteiger partial charge in [0.05, 0.1) is 13.7 Å². The molecule has 2 N–H and O–H groups in total. The molecule has 32 heavy (non-hydrogen) atoms. The van der Waals surface area contributed by atoms with Gasteiger partial charge in [0.25, 0.3) is 0 Å². The van der Waals surface area contributed by atoms with Crippen LogP contribution in [0.2, 0.25) is 0 Å². The molecule has 1 saturated heterocycles. The van der Waals surface area contributed by atoms with Crippen LogP contribution in [0.4, 0.5) is 14.9 Å². The van der Waals surface area contributed by atoms with E-state index in [2.05, 4.69) is 25.7 Å². The largest absolute Gasteiger partial charge is 0.494 e. The molecule has 3 aromatic rings. The van der Waals surface area contributed by atoms with Crippen LogP contribution in [0.15, 0.2) is 47.0 Å². The van der Waals surface area contributed by atoms with E-state index in [4.69, 9.17) is 9.26 Å². The number of likely N-dealkylation sites (tertiary alicyclic amines) is 1. The van der Waals surface area contributed by atoms with Crippen LogP contribution in [-0.2, 0) is 6.54 Å². The Morgan fingerprint density at radius 3 is 2.97 bits per heavy atom. The van der Waals surface area contributed by atoms with Crippen LogP contribution >= 0.6 is 0 Å². The number of amides is 2. The summed E-state index contributed by atoms with van der Waals surface area (Å²) in [7, 11) is 1.41. The van der Waals surface area contributed by atoms with Crippen molar-refractivity contribution in [3.63, 3.8) is 0 Å². The normalized spacial score (nSPS) is 16.5. The lowest BCUT2D eigenvalue weighted by Gasteiger charge is -2.32. The summed E-state index contributed by atoms with van der Waals surface area (Å²) < 4.78 is 24.3. The number of rotatable bonds is 6. The number of ether oxygens (including phenoxy) is 1. The number of anilines is 1. The van der Waals surface area contributed by atoms with Crippen molar-refractivity contribution in [2.75, 3.05) is 25.5 Å². The number of halogens is 1. The van der Waals surface area contributed by atoms with Crippen molar-refractivity contribution in [2.45, 2.75) is 32.4 Å². The first-order chi connectivity index (χ1) is 15.5. The highest BCUT2D eigenvalue weighted by molar-refractivity contribution is 5.89. The number of methoxy groups -OCH3 is 1. The van der Waals surface area contributed by atoms with Gasteiger partial charge in [-0.1, -0.05) is 17.3 Å². The molecule has 1 aromatic heterocycles. The predicted octanol–water partition coefficient (Wildman–Crippen LogP) is 3.98. The third kappa shape index (κ3) is 5.42. The minimum atomic E-state index is -0.481. The lowest BCUT2D eigenvalue weighted by molar-refractivity contribution is 0.165. The average molecular weight is 439 g/mol. The van der Waals surface area contributed by atoms with Crippen molar-refractivity contribution in [1.29, 1.82) is 0 Å². The molecule has 9 heteroatoms. The van der Waals surface area contributed by atoms with Gasteiger partial charge in [0.1, 0.15) is 0 Å². The quantitative estimate of drug-likeness (QED) is 0.604. The third-order valence-corrected chi connectivity index (χ3v) is 5.35. The molecule has 0 bridgehead atoms. The van der Waals surface area contributed by atoms with Gasteiger partial charge in [0, 0.05) is 23.8 Å². The van der Waals surface area contributed by atoms with Crippen molar-refractivity contribution in [1.82, 2.24) is 20.4 Å². The van der Waals surface area contributed by atoms with Crippen molar-refractivity contribution in [3.05, 3.63) is 59.7 Å². The first-order valence-corrected chi connectivity index (χ1v) is 10.5. The molecule has 2 heterocycles. The van der Waals surface area contributed by atoms with E-state index in [1.807, 2.05) is 31.2 Å². The zero-order valence-electron chi connectivity index (χ0n) is 18.1. The van der Waals surface area contributed by atoms with Gasteiger partial charge in [-0.2, -0.15) is 4.98 Å². The first-order valence-electron chi connectivity index (χ1n) is 10.5. The predicted molar refractivity (Wildman–Crippen MR) is 118 cm³/mol. The number of nitrogens with one attached hydrogen (secondary N) is 2. The summed E-state index contributed by atoms with van der Waals surface area (Å²) >= 11 is 0. The second kappa shape index (κ2) is 9.78. The average Bonchev–Trinajstić information content (AvgIpc) is 3.22. The van der Waals surface area contributed by atoms with Crippen LogP contribution < -0.4 is 15.4 Å². The van der Waals surface area contributed by atoms with Crippen LogP contribution in [-0.4, -0.2) is 47.3 Å². The molecule has 1 aliphatic rings. The van der Waals surface area contributed by atoms with E-state index in [0.29, 0.717) is 30.4 Å². The van der Waals surface area contributed by atoms with Crippen molar-refractivity contribution in [2.24, 2.45) is 0 Å². The van der Waals surface area contributed by atoms with E-state index in [9.17, 15) is 9.18 Å². The van der Waals surface area contributed by atoms with E-state index in [-0.39, 0.29) is 17.8 Å². The summed E-state index contributed by atoms with van der Waals surface area (Å²) in [5, 5.41) is 9.89. The molecule has 1 aliphatic heterocycles. The second-order valence-electron chi connectivity index (χ2n) is 7.90. The number of hydrogen-bond donors (Lipinski definition) is 2. The van der Waals surface area contributed by atoms with Crippen LogP contribution in [0.25, 0.3) is 11.4 Å². The highest BCUT2D eigenvalue weighted by Gasteiger charge is 2.23. The van der Waals surface area contributed by atoms with Gasteiger partial charge in [-0.05, 0) is 62.2 Å². The SMILES string of the molecule is COc1ccc(-c2noc(CN3CCC[C@H](NC(=O)Nc4cccc(C)c4)C3)n2)cc1F. The minimum Gasteiger partial charge on any atom is -0.494 e. The van der Waals surface area contributed by atoms with E-state index in [0.717, 1.165) is 30.6 Å². The number of benzene rings is 2. The molecule has 0 unspecified atom stereocenters. The molecule has 8 nitrogen and oxygen atoms in total. The summed E-state index contributed by atoms with van der Waals surface area (Å²) in [6.45, 7) is 3.99. The Balaban J connectivity index is 1.32. The van der Waals surface area contributed by atoms with E-state index >= 15 is 0 Å². The van der Waals surface area contributed by atoms with E-state index in [1.54, 1.807) is 6.07 Å². The van der Waals surface area contributed by atoms with Gasteiger partial charge >= 0.3 is 6.03 Å². The highest BCUT2D eigenvalue weighted by atomic mass is 19.1. The van der Waals surface area contributed by atoms with Gasteiger partial charge < -0.3 is 19.9 Å². The lowest BCUT2D eigenvalue weighted by Crippen LogP contribution is -2.48. The van der Waals surface area contributed by atoms with Crippen LogP contribution in [0, 0.1) is 12.7 Å². The van der Waals surface area contributed by atoms with Crippen LogP contribution in [0.1, 0.15) is 24.3 Å². The maximum Gasteiger partial charge on any atom is 0.319 e. The maximum absolute atomic E-state index is 14.0. The van der Waals surface area contributed by atoms with E-state index in [1.165, 1.54) is 19.2 Å². The fourth-order valence-electron chi connectivity index (χ4n) is 3.83. The Kier molecular flexibility index (Phi) is 6.65. The standard InChI is InChI=1S/C23H26FN5O3/c1-15-5-3-6-17(11-15)25-23(30)26-18-7-4-10-29(13-18)14-21-27-22(28-32-21)16-8-9-20(31-2)19(24)12-16/h3,5-6,8-9,11-12,18H,4,7,10,13-14H2,1-2H3,(H2,25,26,30)/t18-/m0/s1. The van der Waals surface area contributed by atoms with Crippen molar-refractivity contribution in [3.8, 4) is 17.1 Å². The van der Waals surface area contributed by atoms with Gasteiger partial charge in [-0.15, -0.1) is 0 Å². The fourth-order valence-corrected chi connectivity index (χ4v) is 3.83. The molecule has 0 radical (unpaired) electrons. The summed E-state index contributed by atoms with van der Waals surface area (Å²) in [5.41, 5.74) is 2.37. The number of aromatic nitrogens is 2. The van der Waals surface area contributed by atoms with Crippen LogP contribution in [0.5, 0.6) is 5.75 Å². The molecule has 0 saturated carbocycles. The fraction of sp³-hybridized carbons (Fsp3) is 0.348. The summed E-state index contributed by atoms with van der Waals surface area (Å²) in [4.78, 5) is 18.9. The number of nitrogens with zero attached hydrogens (tertiary/aromatic N) is 3. The minimum absolute atomic E-state index is 0.0200. The molecule has 0 aliphatic carbocycles. The topological polar surface area (TPSA) is 92.5 Å². The zero-order chi connectivity index (χ0) is 22.5. The summed E-state index contributed by atoms with van der Waals surface area (Å²) in [5.74, 6) is 0.452. The molecular formula is C23H26FN5O3. The summed E-state index contributed by atoms with van der Waals surface area (Å²) in [6, 6.07) is 12.0. The molecule has 0 spiro atoms. The second-order valence-corrected chi connectivity index (χ2v) is 7.90. The van der Waals surface area contributed by atoms with Crippen molar-refractivity contribution >= 4 is 11.7 Å². The van der Waals surface area contributed by atoms with Crippen molar-refractivity contribution < 1.29 is 18.4 Å². The Bertz CT molecular complexity index is 1090. The molecule has 4 rings (SSSR count). The third-order valence-electron chi connectivity index (χ3n) is 5.35. The zero-order valence-corrected chi connectivity index (χ0v) is 18.1. The molecule has 1 atom stereocenters. The Hall–Kier alpha value is -3.46. The van der Waals surface area contributed by atoms with Gasteiger partial charge in [-0.3, -0.25) is 4.90 Å². The highest BCUT2D eigenvalue weighted by Crippen LogP contribution is 2.24. The summed E-state index contributed by atoms with van der Waals surface area (Å²) in [6.07, 6.45) is 1.85. The lowest BCUT2D eigenvalue weighted by atomic mass is 10.1.